The summed E-state index contributed by atoms with van der Waals surface area (Å²) in [6.07, 6.45) is -0.0330. The Bertz CT molecular complexity index is 794. The predicted octanol–water partition coefficient (Wildman–Crippen LogP) is -0.196. The van der Waals surface area contributed by atoms with Gasteiger partial charge in [0.25, 0.3) is 5.91 Å². The van der Waals surface area contributed by atoms with Crippen LogP contribution in [0, 0.1) is 5.92 Å². The molecular weight excluding hydrogens is 382 g/mol. The van der Waals surface area contributed by atoms with Crippen LogP contribution >= 0.6 is 0 Å². The summed E-state index contributed by atoms with van der Waals surface area (Å²) >= 11 is 0. The summed E-state index contributed by atoms with van der Waals surface area (Å²) in [7, 11) is 6.13. The van der Waals surface area contributed by atoms with E-state index in [1.165, 1.54) is 24.0 Å². The topological polar surface area (TPSA) is 114 Å². The molecular formula is C19H25N3O7. The number of likely N-dealkylation sites (N-methyl/N-ethyl adjacent to an activating group) is 1. The van der Waals surface area contributed by atoms with Crippen molar-refractivity contribution in [1.29, 1.82) is 0 Å². The molecule has 0 saturated carbocycles. The van der Waals surface area contributed by atoms with Gasteiger partial charge < -0.3 is 29.3 Å². The van der Waals surface area contributed by atoms with E-state index in [0.717, 1.165) is 0 Å². The molecule has 158 valence electrons. The molecule has 1 aliphatic heterocycles. The first-order valence-electron chi connectivity index (χ1n) is 8.92. The van der Waals surface area contributed by atoms with E-state index in [-0.39, 0.29) is 31.3 Å². The van der Waals surface area contributed by atoms with Crippen molar-refractivity contribution >= 4 is 29.4 Å². The molecule has 10 heteroatoms. The molecule has 10 nitrogen and oxygen atoms in total. The van der Waals surface area contributed by atoms with E-state index in [0.29, 0.717) is 17.2 Å². The molecule has 1 heterocycles. The Morgan fingerprint density at radius 2 is 1.93 bits per heavy atom. The maximum absolute atomic E-state index is 12.4. The van der Waals surface area contributed by atoms with Crippen LogP contribution in [0.4, 0.5) is 5.69 Å². The molecule has 1 aromatic carbocycles. The van der Waals surface area contributed by atoms with Crippen molar-refractivity contribution in [1.82, 2.24) is 10.2 Å². The van der Waals surface area contributed by atoms with E-state index >= 15 is 0 Å². The van der Waals surface area contributed by atoms with Gasteiger partial charge in [-0.05, 0) is 12.1 Å². The van der Waals surface area contributed by atoms with Gasteiger partial charge in [0.15, 0.2) is 6.61 Å². The number of esters is 1. The van der Waals surface area contributed by atoms with Crippen LogP contribution in [0.2, 0.25) is 0 Å². The molecule has 29 heavy (non-hydrogen) atoms. The van der Waals surface area contributed by atoms with Crippen LogP contribution in [0.5, 0.6) is 11.5 Å². The standard InChI is InChI=1S/C19H25N3O7/c1-21(2)18(25)9-20-16(23)11-29-19(26)12-7-17(24)22(10-12)14-6-5-13(27-3)8-15(14)28-4/h5-6,8,12H,7,9-11H2,1-4H3,(H,20,23)/t12-/m0/s1. The van der Waals surface area contributed by atoms with E-state index in [1.807, 2.05) is 0 Å². The Morgan fingerprint density at radius 3 is 2.55 bits per heavy atom. The van der Waals surface area contributed by atoms with Gasteiger partial charge in [-0.25, -0.2) is 0 Å². The van der Waals surface area contributed by atoms with Gasteiger partial charge in [0.2, 0.25) is 11.8 Å². The Kier molecular flexibility index (Phi) is 7.40. The molecule has 0 radical (unpaired) electrons. The van der Waals surface area contributed by atoms with E-state index < -0.39 is 24.4 Å². The lowest BCUT2D eigenvalue weighted by Crippen LogP contribution is -2.38. The minimum atomic E-state index is -0.703. The SMILES string of the molecule is COc1ccc(N2C[C@@H](C(=O)OCC(=O)NCC(=O)N(C)C)CC2=O)c(OC)c1. The van der Waals surface area contributed by atoms with Gasteiger partial charge in [-0.15, -0.1) is 0 Å². The number of anilines is 1. The van der Waals surface area contributed by atoms with Gasteiger partial charge in [0, 0.05) is 33.1 Å². The smallest absolute Gasteiger partial charge is 0.311 e. The average Bonchev–Trinajstić information content (AvgIpc) is 3.10. The number of ether oxygens (including phenoxy) is 3. The van der Waals surface area contributed by atoms with Crippen LogP contribution in [0.3, 0.4) is 0 Å². The number of methoxy groups -OCH3 is 2. The normalized spacial score (nSPS) is 15.7. The fourth-order valence-corrected chi connectivity index (χ4v) is 2.74. The lowest BCUT2D eigenvalue weighted by atomic mass is 10.1. The number of nitrogens with zero attached hydrogens (tertiary/aromatic N) is 2. The number of rotatable bonds is 8. The summed E-state index contributed by atoms with van der Waals surface area (Å²) in [6, 6.07) is 5.02. The molecule has 3 amide bonds. The largest absolute Gasteiger partial charge is 0.497 e. The molecule has 1 fully saturated rings. The van der Waals surface area contributed by atoms with Gasteiger partial charge >= 0.3 is 5.97 Å². The second-order valence-corrected chi connectivity index (χ2v) is 6.62. The van der Waals surface area contributed by atoms with Gasteiger partial charge in [-0.1, -0.05) is 0 Å². The van der Waals surface area contributed by atoms with E-state index in [9.17, 15) is 19.2 Å². The first kappa shape index (κ1) is 22.0. The van der Waals surface area contributed by atoms with E-state index in [4.69, 9.17) is 14.2 Å². The Balaban J connectivity index is 1.92. The molecule has 1 atom stereocenters. The summed E-state index contributed by atoms with van der Waals surface area (Å²) in [5, 5.41) is 2.37. The summed E-state index contributed by atoms with van der Waals surface area (Å²) in [6.45, 7) is -0.590. The minimum absolute atomic E-state index is 0.0330. The third-order valence-corrected chi connectivity index (χ3v) is 4.42. The quantitative estimate of drug-likeness (QED) is 0.594. The Hall–Kier alpha value is -3.30. The highest BCUT2D eigenvalue weighted by Crippen LogP contribution is 2.35. The molecule has 1 aliphatic rings. The number of benzene rings is 1. The van der Waals surface area contributed by atoms with Crippen LogP contribution < -0.4 is 19.7 Å². The molecule has 1 aromatic rings. The fourth-order valence-electron chi connectivity index (χ4n) is 2.74. The van der Waals surface area contributed by atoms with Crippen LogP contribution in [-0.2, 0) is 23.9 Å². The second kappa shape index (κ2) is 9.76. The van der Waals surface area contributed by atoms with Crippen LogP contribution in [0.1, 0.15) is 6.42 Å². The molecule has 0 spiro atoms. The number of hydrogen-bond acceptors (Lipinski definition) is 7. The third kappa shape index (κ3) is 5.59. The second-order valence-electron chi connectivity index (χ2n) is 6.62. The number of carbonyl (C=O) groups is 4. The van der Waals surface area contributed by atoms with Crippen molar-refractivity contribution in [2.45, 2.75) is 6.42 Å². The van der Waals surface area contributed by atoms with Gasteiger partial charge in [-0.3, -0.25) is 19.2 Å². The predicted molar refractivity (Wildman–Crippen MR) is 103 cm³/mol. The van der Waals surface area contributed by atoms with Crippen LogP contribution in [-0.4, -0.2) is 76.6 Å². The fraction of sp³-hybridized carbons (Fsp3) is 0.474. The average molecular weight is 407 g/mol. The van der Waals surface area contributed by atoms with E-state index in [1.54, 1.807) is 32.3 Å². The van der Waals surface area contributed by atoms with Crippen molar-refractivity contribution in [3.63, 3.8) is 0 Å². The number of nitrogens with one attached hydrogen (secondary N) is 1. The van der Waals surface area contributed by atoms with Crippen molar-refractivity contribution in [3.05, 3.63) is 18.2 Å². The van der Waals surface area contributed by atoms with Crippen molar-refractivity contribution in [3.8, 4) is 11.5 Å². The van der Waals surface area contributed by atoms with Crippen molar-refractivity contribution < 1.29 is 33.4 Å². The summed E-state index contributed by atoms with van der Waals surface area (Å²) in [5.74, 6) is -1.46. The molecule has 2 rings (SSSR count). The third-order valence-electron chi connectivity index (χ3n) is 4.42. The zero-order valence-corrected chi connectivity index (χ0v) is 16.9. The maximum atomic E-state index is 12.4. The first-order valence-corrected chi connectivity index (χ1v) is 8.92. The number of hydrogen-bond donors (Lipinski definition) is 1. The van der Waals surface area contributed by atoms with Gasteiger partial charge in [-0.2, -0.15) is 0 Å². The Labute approximate surface area is 168 Å². The van der Waals surface area contributed by atoms with Crippen LogP contribution in [0.15, 0.2) is 18.2 Å². The van der Waals surface area contributed by atoms with Gasteiger partial charge in [0.05, 0.1) is 32.4 Å². The summed E-state index contributed by atoms with van der Waals surface area (Å²) < 4.78 is 15.5. The minimum Gasteiger partial charge on any atom is -0.497 e. The molecule has 1 N–H and O–H groups in total. The highest BCUT2D eigenvalue weighted by Gasteiger charge is 2.37. The van der Waals surface area contributed by atoms with Crippen LogP contribution in [0.25, 0.3) is 0 Å². The zero-order valence-electron chi connectivity index (χ0n) is 16.9. The lowest BCUT2D eigenvalue weighted by molar-refractivity contribution is -0.152. The number of amides is 3. The molecule has 0 aromatic heterocycles. The summed E-state index contributed by atoms with van der Waals surface area (Å²) in [4.78, 5) is 50.6. The molecule has 1 saturated heterocycles. The monoisotopic (exact) mass is 407 g/mol. The van der Waals surface area contributed by atoms with Crippen molar-refractivity contribution in [2.75, 3.05) is 52.9 Å². The number of carbonyl (C=O) groups excluding carboxylic acids is 4. The molecule has 0 bridgehead atoms. The highest BCUT2D eigenvalue weighted by atomic mass is 16.5. The molecule has 0 unspecified atom stereocenters. The Morgan fingerprint density at radius 1 is 1.21 bits per heavy atom. The lowest BCUT2D eigenvalue weighted by Gasteiger charge is -2.20. The summed E-state index contributed by atoms with van der Waals surface area (Å²) in [5.41, 5.74) is 0.522. The zero-order chi connectivity index (χ0) is 21.6. The molecule has 0 aliphatic carbocycles. The maximum Gasteiger partial charge on any atom is 0.311 e. The first-order chi connectivity index (χ1) is 13.8. The van der Waals surface area contributed by atoms with Gasteiger partial charge in [0.1, 0.15) is 11.5 Å². The highest BCUT2D eigenvalue weighted by molar-refractivity contribution is 6.00. The van der Waals surface area contributed by atoms with E-state index in [2.05, 4.69) is 5.32 Å². The van der Waals surface area contributed by atoms with Crippen molar-refractivity contribution in [2.24, 2.45) is 5.92 Å².